The van der Waals surface area contributed by atoms with Crippen molar-refractivity contribution in [2.24, 2.45) is 5.10 Å². The summed E-state index contributed by atoms with van der Waals surface area (Å²) in [5, 5.41) is 3.89. The number of sulfonamides is 1. The number of ether oxygens (including phenoxy) is 3. The van der Waals surface area contributed by atoms with Crippen LogP contribution < -0.4 is 19.0 Å². The fourth-order valence-corrected chi connectivity index (χ4v) is 3.56. The highest BCUT2D eigenvalue weighted by atomic mass is 32.2. The maximum absolute atomic E-state index is 12.3. The summed E-state index contributed by atoms with van der Waals surface area (Å²) in [5.74, 6) is 2.09. The van der Waals surface area contributed by atoms with Gasteiger partial charge in [-0.1, -0.05) is 17.7 Å². The Morgan fingerprint density at radius 1 is 0.903 bits per heavy atom. The van der Waals surface area contributed by atoms with Crippen molar-refractivity contribution in [3.05, 3.63) is 83.4 Å². The van der Waals surface area contributed by atoms with Gasteiger partial charge in [-0.3, -0.25) is 0 Å². The van der Waals surface area contributed by atoms with Gasteiger partial charge in [0, 0.05) is 5.56 Å². The molecule has 0 aromatic heterocycles. The van der Waals surface area contributed by atoms with Crippen molar-refractivity contribution in [2.75, 3.05) is 14.2 Å². The molecule has 31 heavy (non-hydrogen) atoms. The van der Waals surface area contributed by atoms with Crippen LogP contribution in [0.3, 0.4) is 0 Å². The molecule has 0 radical (unpaired) electrons. The van der Waals surface area contributed by atoms with E-state index in [1.54, 1.807) is 38.5 Å². The number of benzene rings is 3. The summed E-state index contributed by atoms with van der Waals surface area (Å²) in [7, 11) is -0.545. The molecule has 0 saturated carbocycles. The van der Waals surface area contributed by atoms with Crippen LogP contribution in [0.1, 0.15) is 16.7 Å². The quantitative estimate of drug-likeness (QED) is 0.403. The second-order valence-electron chi connectivity index (χ2n) is 6.70. The molecule has 0 bridgehead atoms. The third kappa shape index (κ3) is 5.99. The highest BCUT2D eigenvalue weighted by Crippen LogP contribution is 2.23. The molecule has 0 aliphatic rings. The summed E-state index contributed by atoms with van der Waals surface area (Å²) in [5.41, 5.74) is 2.47. The second-order valence-corrected chi connectivity index (χ2v) is 8.36. The van der Waals surface area contributed by atoms with Gasteiger partial charge in [-0.2, -0.15) is 13.5 Å². The number of hydrogen-bond donors (Lipinski definition) is 1. The number of hydrogen-bond acceptors (Lipinski definition) is 6. The van der Waals surface area contributed by atoms with Crippen LogP contribution in [0.2, 0.25) is 0 Å². The van der Waals surface area contributed by atoms with Crippen molar-refractivity contribution in [1.82, 2.24) is 4.83 Å². The molecule has 3 aromatic carbocycles. The Bertz CT molecular complexity index is 1140. The van der Waals surface area contributed by atoms with Crippen LogP contribution in [-0.4, -0.2) is 28.9 Å². The molecule has 0 aliphatic heterocycles. The molecule has 0 amide bonds. The van der Waals surface area contributed by atoms with E-state index < -0.39 is 10.0 Å². The molecule has 0 heterocycles. The smallest absolute Gasteiger partial charge is 0.276 e. The predicted octanol–water partition coefficient (Wildman–Crippen LogP) is 3.90. The van der Waals surface area contributed by atoms with Gasteiger partial charge < -0.3 is 14.2 Å². The highest BCUT2D eigenvalue weighted by Gasteiger charge is 2.12. The van der Waals surface area contributed by atoms with E-state index in [1.807, 2.05) is 37.3 Å². The van der Waals surface area contributed by atoms with Gasteiger partial charge >= 0.3 is 0 Å². The Morgan fingerprint density at radius 2 is 1.58 bits per heavy atom. The number of aryl methyl sites for hydroxylation is 1. The van der Waals surface area contributed by atoms with Crippen LogP contribution in [0.5, 0.6) is 17.2 Å². The number of rotatable bonds is 9. The topological polar surface area (TPSA) is 86.2 Å². The number of methoxy groups -OCH3 is 2. The standard InChI is InChI=1S/C23H24N2O5S/c1-17-4-11-22(12-5-17)31(26,27)25-24-15-18-6-13-23(29-3)19(14-18)16-30-21-9-7-20(28-2)8-10-21/h4-15,25H,16H2,1-3H3. The largest absolute Gasteiger partial charge is 0.497 e. The minimum atomic E-state index is -3.73. The Kier molecular flexibility index (Phi) is 7.15. The van der Waals surface area contributed by atoms with Gasteiger partial charge in [0.2, 0.25) is 0 Å². The molecule has 1 N–H and O–H groups in total. The van der Waals surface area contributed by atoms with Crippen LogP contribution in [-0.2, 0) is 16.6 Å². The fraction of sp³-hybridized carbons (Fsp3) is 0.174. The molecule has 0 fully saturated rings. The summed E-state index contributed by atoms with van der Waals surface area (Å²) in [4.78, 5) is 2.38. The molecule has 0 aliphatic carbocycles. The minimum Gasteiger partial charge on any atom is -0.497 e. The lowest BCUT2D eigenvalue weighted by atomic mass is 10.1. The molecule has 0 saturated heterocycles. The molecular weight excluding hydrogens is 416 g/mol. The van der Waals surface area contributed by atoms with Crippen LogP contribution in [0.15, 0.2) is 76.7 Å². The van der Waals surface area contributed by atoms with Crippen molar-refractivity contribution >= 4 is 16.2 Å². The van der Waals surface area contributed by atoms with Gasteiger partial charge in [0.1, 0.15) is 23.9 Å². The van der Waals surface area contributed by atoms with Gasteiger partial charge in [0.05, 0.1) is 25.3 Å². The lowest BCUT2D eigenvalue weighted by molar-refractivity contribution is 0.296. The van der Waals surface area contributed by atoms with Crippen molar-refractivity contribution < 1.29 is 22.6 Å². The molecule has 0 atom stereocenters. The van der Waals surface area contributed by atoms with Gasteiger partial charge in [-0.25, -0.2) is 4.83 Å². The number of hydrazone groups is 1. The van der Waals surface area contributed by atoms with E-state index >= 15 is 0 Å². The van der Waals surface area contributed by atoms with E-state index in [4.69, 9.17) is 14.2 Å². The summed E-state index contributed by atoms with van der Waals surface area (Å²) >= 11 is 0. The molecule has 3 rings (SSSR count). The van der Waals surface area contributed by atoms with Gasteiger partial charge in [-0.15, -0.1) is 0 Å². The number of nitrogens with one attached hydrogen (secondary N) is 1. The van der Waals surface area contributed by atoms with Crippen LogP contribution in [0.25, 0.3) is 0 Å². The SMILES string of the molecule is COc1ccc(OCc2cc(C=NNS(=O)(=O)c3ccc(C)cc3)ccc2OC)cc1. The monoisotopic (exact) mass is 440 g/mol. The maximum Gasteiger partial charge on any atom is 0.276 e. The average Bonchev–Trinajstić information content (AvgIpc) is 2.78. The summed E-state index contributed by atoms with van der Waals surface area (Å²) in [6.07, 6.45) is 1.43. The highest BCUT2D eigenvalue weighted by molar-refractivity contribution is 7.89. The Hall–Kier alpha value is -3.52. The molecule has 3 aromatic rings. The van der Waals surface area contributed by atoms with E-state index in [-0.39, 0.29) is 11.5 Å². The summed E-state index contributed by atoms with van der Waals surface area (Å²) in [6.45, 7) is 2.16. The zero-order chi connectivity index (χ0) is 22.3. The molecule has 162 valence electrons. The Balaban J connectivity index is 1.69. The van der Waals surface area contributed by atoms with Crippen LogP contribution >= 0.6 is 0 Å². The third-order valence-electron chi connectivity index (χ3n) is 4.48. The predicted molar refractivity (Wildman–Crippen MR) is 119 cm³/mol. The molecule has 8 heteroatoms. The van der Waals surface area contributed by atoms with Crippen LogP contribution in [0.4, 0.5) is 0 Å². The number of nitrogens with zero attached hydrogens (tertiary/aromatic N) is 1. The zero-order valence-electron chi connectivity index (χ0n) is 17.5. The average molecular weight is 441 g/mol. The van der Waals surface area contributed by atoms with Crippen molar-refractivity contribution in [1.29, 1.82) is 0 Å². The van der Waals surface area contributed by atoms with E-state index in [2.05, 4.69) is 9.93 Å². The Labute approximate surface area is 182 Å². The Morgan fingerprint density at radius 3 is 2.23 bits per heavy atom. The summed E-state index contributed by atoms with van der Waals surface area (Å²) < 4.78 is 41.0. The third-order valence-corrected chi connectivity index (χ3v) is 5.71. The van der Waals surface area contributed by atoms with E-state index in [9.17, 15) is 8.42 Å². The van der Waals surface area contributed by atoms with Crippen molar-refractivity contribution in [3.8, 4) is 17.2 Å². The fourth-order valence-electron chi connectivity index (χ4n) is 2.77. The van der Waals surface area contributed by atoms with E-state index in [0.29, 0.717) is 17.1 Å². The maximum atomic E-state index is 12.3. The minimum absolute atomic E-state index is 0.151. The van der Waals surface area contributed by atoms with E-state index in [1.165, 1.54) is 18.3 Å². The first-order valence-electron chi connectivity index (χ1n) is 9.46. The van der Waals surface area contributed by atoms with Crippen LogP contribution in [0, 0.1) is 6.92 Å². The first-order valence-corrected chi connectivity index (χ1v) is 10.9. The zero-order valence-corrected chi connectivity index (χ0v) is 18.3. The molecule has 0 unspecified atom stereocenters. The van der Waals surface area contributed by atoms with E-state index in [0.717, 1.165) is 16.9 Å². The second kappa shape index (κ2) is 9.99. The lowest BCUT2D eigenvalue weighted by Crippen LogP contribution is -2.18. The first-order chi connectivity index (χ1) is 14.9. The van der Waals surface area contributed by atoms with Crippen molar-refractivity contribution in [3.63, 3.8) is 0 Å². The van der Waals surface area contributed by atoms with Gasteiger partial charge in [0.25, 0.3) is 10.0 Å². The first kappa shape index (κ1) is 22.2. The summed E-state index contributed by atoms with van der Waals surface area (Å²) in [6, 6.07) is 19.2. The molecule has 0 spiro atoms. The van der Waals surface area contributed by atoms with Crippen molar-refractivity contribution in [2.45, 2.75) is 18.4 Å². The normalized spacial score (nSPS) is 11.3. The van der Waals surface area contributed by atoms with Gasteiger partial charge in [-0.05, 0) is 67.1 Å². The van der Waals surface area contributed by atoms with Gasteiger partial charge in [0.15, 0.2) is 0 Å². The molecular formula is C23H24N2O5S. The molecule has 7 nitrogen and oxygen atoms in total. The lowest BCUT2D eigenvalue weighted by Gasteiger charge is -2.11.